The molecule has 0 fully saturated rings. The average molecular weight is 342 g/mol. The van der Waals surface area contributed by atoms with Crippen LogP contribution in [0.5, 0.6) is 0 Å². The molecule has 0 saturated carbocycles. The van der Waals surface area contributed by atoms with Crippen LogP contribution in [0, 0.1) is 6.92 Å². The Balaban J connectivity index is 2.05. The van der Waals surface area contributed by atoms with Gasteiger partial charge < -0.3 is 0 Å². The molecule has 0 aliphatic carbocycles. The highest BCUT2D eigenvalue weighted by Crippen LogP contribution is 2.26. The molecule has 0 N–H and O–H groups in total. The van der Waals surface area contributed by atoms with Gasteiger partial charge in [0.25, 0.3) is 0 Å². The lowest BCUT2D eigenvalue weighted by molar-refractivity contribution is 0.111. The summed E-state index contributed by atoms with van der Waals surface area (Å²) in [7, 11) is 0. The molecule has 3 nitrogen and oxygen atoms in total. The second-order valence-electron chi connectivity index (χ2n) is 6.25. The number of rotatable bonds is 6. The van der Waals surface area contributed by atoms with Crippen LogP contribution < -0.4 is 0 Å². The van der Waals surface area contributed by atoms with Gasteiger partial charge in [-0.05, 0) is 54.3 Å². The van der Waals surface area contributed by atoms with Crippen molar-refractivity contribution in [1.82, 2.24) is 9.97 Å². The molecule has 0 unspecified atom stereocenters. The summed E-state index contributed by atoms with van der Waals surface area (Å²) in [6.07, 6.45) is 6.88. The lowest BCUT2D eigenvalue weighted by Gasteiger charge is -2.10. The molecule has 0 atom stereocenters. The van der Waals surface area contributed by atoms with Crippen LogP contribution in [0.2, 0.25) is 0 Å². The number of aryl methyl sites for hydroxylation is 1. The minimum atomic E-state index is 0.427. The first kappa shape index (κ1) is 17.7. The number of allylic oxidation sites excluding steroid dienone is 1. The summed E-state index contributed by atoms with van der Waals surface area (Å²) in [5, 5.41) is 0. The SMILES string of the molecule is CCC/C(=C\c1cc(-c2cccc(C=O)n2)cnc1C)c1ccccc1. The fraction of sp³-hybridized carbons (Fsp3) is 0.174. The van der Waals surface area contributed by atoms with Crippen molar-refractivity contribution in [3.8, 4) is 11.3 Å². The maximum Gasteiger partial charge on any atom is 0.168 e. The van der Waals surface area contributed by atoms with E-state index in [0.717, 1.165) is 41.6 Å². The Kier molecular flexibility index (Phi) is 5.69. The molecule has 0 aliphatic heterocycles. The maximum absolute atomic E-state index is 11.0. The molecule has 1 aromatic carbocycles. The van der Waals surface area contributed by atoms with Gasteiger partial charge >= 0.3 is 0 Å². The van der Waals surface area contributed by atoms with Crippen LogP contribution >= 0.6 is 0 Å². The molecule has 130 valence electrons. The van der Waals surface area contributed by atoms with Gasteiger partial charge in [-0.1, -0.05) is 49.7 Å². The van der Waals surface area contributed by atoms with Crippen molar-refractivity contribution in [1.29, 1.82) is 0 Å². The zero-order valence-electron chi connectivity index (χ0n) is 15.1. The zero-order chi connectivity index (χ0) is 18.4. The Morgan fingerprint density at radius 3 is 2.62 bits per heavy atom. The van der Waals surface area contributed by atoms with E-state index < -0.39 is 0 Å². The average Bonchev–Trinajstić information content (AvgIpc) is 2.70. The number of aromatic nitrogens is 2. The molecule has 0 amide bonds. The van der Waals surface area contributed by atoms with Crippen LogP contribution in [0.1, 0.15) is 47.1 Å². The number of aldehydes is 1. The Hall–Kier alpha value is -3.07. The summed E-state index contributed by atoms with van der Waals surface area (Å²) in [5.74, 6) is 0. The molecular formula is C23H22N2O. The highest BCUT2D eigenvalue weighted by Gasteiger charge is 2.07. The molecule has 3 heteroatoms. The summed E-state index contributed by atoms with van der Waals surface area (Å²) in [6, 6.07) is 18.0. The lowest BCUT2D eigenvalue weighted by Crippen LogP contribution is -1.94. The lowest BCUT2D eigenvalue weighted by atomic mass is 9.97. The minimum absolute atomic E-state index is 0.427. The molecule has 26 heavy (non-hydrogen) atoms. The van der Waals surface area contributed by atoms with Crippen molar-refractivity contribution < 1.29 is 4.79 Å². The Morgan fingerprint density at radius 2 is 1.88 bits per heavy atom. The number of hydrogen-bond donors (Lipinski definition) is 0. The first-order valence-corrected chi connectivity index (χ1v) is 8.86. The predicted octanol–water partition coefficient (Wildman–Crippen LogP) is 5.61. The molecule has 3 aromatic rings. The Bertz CT molecular complexity index is 930. The first-order valence-electron chi connectivity index (χ1n) is 8.86. The Morgan fingerprint density at radius 1 is 1.08 bits per heavy atom. The number of carbonyl (C=O) groups is 1. The van der Waals surface area contributed by atoms with Crippen molar-refractivity contribution in [3.63, 3.8) is 0 Å². The fourth-order valence-corrected chi connectivity index (χ4v) is 2.92. The van der Waals surface area contributed by atoms with E-state index in [1.54, 1.807) is 6.07 Å². The van der Waals surface area contributed by atoms with E-state index in [1.807, 2.05) is 31.3 Å². The summed E-state index contributed by atoms with van der Waals surface area (Å²) >= 11 is 0. The van der Waals surface area contributed by atoms with E-state index in [0.29, 0.717) is 5.69 Å². The summed E-state index contributed by atoms with van der Waals surface area (Å²) in [6.45, 7) is 4.20. The molecule has 0 bridgehead atoms. The molecule has 2 heterocycles. The molecule has 0 aliphatic rings. The number of benzene rings is 1. The summed E-state index contributed by atoms with van der Waals surface area (Å²) in [4.78, 5) is 19.9. The molecular weight excluding hydrogens is 320 g/mol. The van der Waals surface area contributed by atoms with Gasteiger partial charge in [0, 0.05) is 17.5 Å². The van der Waals surface area contributed by atoms with E-state index >= 15 is 0 Å². The summed E-state index contributed by atoms with van der Waals surface area (Å²) in [5.41, 5.74) is 6.68. The van der Waals surface area contributed by atoms with Crippen LogP contribution in [-0.4, -0.2) is 16.3 Å². The number of hydrogen-bond acceptors (Lipinski definition) is 3. The largest absolute Gasteiger partial charge is 0.296 e. The highest BCUT2D eigenvalue weighted by atomic mass is 16.1. The van der Waals surface area contributed by atoms with Gasteiger partial charge in [-0.2, -0.15) is 0 Å². The number of carbonyl (C=O) groups excluding carboxylic acids is 1. The third-order valence-corrected chi connectivity index (χ3v) is 4.31. The summed E-state index contributed by atoms with van der Waals surface area (Å²) < 4.78 is 0. The van der Waals surface area contributed by atoms with Gasteiger partial charge in [-0.25, -0.2) is 4.98 Å². The smallest absolute Gasteiger partial charge is 0.168 e. The van der Waals surface area contributed by atoms with Gasteiger partial charge in [-0.15, -0.1) is 0 Å². The molecule has 0 spiro atoms. The Labute approximate surface area is 154 Å². The molecule has 3 rings (SSSR count). The third-order valence-electron chi connectivity index (χ3n) is 4.31. The minimum Gasteiger partial charge on any atom is -0.296 e. The number of nitrogens with zero attached hydrogens (tertiary/aromatic N) is 2. The second kappa shape index (κ2) is 8.34. The van der Waals surface area contributed by atoms with E-state index in [9.17, 15) is 4.79 Å². The van der Waals surface area contributed by atoms with Crippen LogP contribution in [0.4, 0.5) is 0 Å². The first-order chi connectivity index (χ1) is 12.7. The van der Waals surface area contributed by atoms with E-state index in [1.165, 1.54) is 11.1 Å². The van der Waals surface area contributed by atoms with E-state index in [4.69, 9.17) is 0 Å². The van der Waals surface area contributed by atoms with Crippen LogP contribution in [0.15, 0.2) is 60.8 Å². The third kappa shape index (κ3) is 4.12. The van der Waals surface area contributed by atoms with Crippen molar-refractivity contribution in [2.45, 2.75) is 26.7 Å². The maximum atomic E-state index is 11.0. The van der Waals surface area contributed by atoms with Crippen LogP contribution in [0.3, 0.4) is 0 Å². The van der Waals surface area contributed by atoms with E-state index in [2.05, 4.69) is 53.3 Å². The van der Waals surface area contributed by atoms with Gasteiger partial charge in [-0.3, -0.25) is 9.78 Å². The van der Waals surface area contributed by atoms with Crippen molar-refractivity contribution >= 4 is 17.9 Å². The number of pyridine rings is 2. The van der Waals surface area contributed by atoms with Crippen molar-refractivity contribution in [3.05, 3.63) is 83.3 Å². The van der Waals surface area contributed by atoms with Crippen LogP contribution in [0.25, 0.3) is 22.9 Å². The predicted molar refractivity (Wildman–Crippen MR) is 107 cm³/mol. The monoisotopic (exact) mass is 342 g/mol. The van der Waals surface area contributed by atoms with Crippen LogP contribution in [-0.2, 0) is 0 Å². The second-order valence-corrected chi connectivity index (χ2v) is 6.25. The fourth-order valence-electron chi connectivity index (χ4n) is 2.92. The van der Waals surface area contributed by atoms with Crippen molar-refractivity contribution in [2.75, 3.05) is 0 Å². The topological polar surface area (TPSA) is 42.9 Å². The molecule has 2 aromatic heterocycles. The zero-order valence-corrected chi connectivity index (χ0v) is 15.1. The van der Waals surface area contributed by atoms with Gasteiger partial charge in [0.15, 0.2) is 6.29 Å². The highest BCUT2D eigenvalue weighted by molar-refractivity contribution is 5.83. The standard InChI is InChI=1S/C23H22N2O/c1-3-8-19(18-9-5-4-6-10-18)13-20-14-21(15-24-17(20)2)23-12-7-11-22(16-26)25-23/h4-7,9-16H,3,8H2,1-2H3/b19-13+. The van der Waals surface area contributed by atoms with Gasteiger partial charge in [0.1, 0.15) is 5.69 Å². The normalized spacial score (nSPS) is 11.4. The molecule has 0 radical (unpaired) electrons. The van der Waals surface area contributed by atoms with E-state index in [-0.39, 0.29) is 0 Å². The van der Waals surface area contributed by atoms with Gasteiger partial charge in [0.05, 0.1) is 5.69 Å². The quantitative estimate of drug-likeness (QED) is 0.547. The van der Waals surface area contributed by atoms with Crippen molar-refractivity contribution in [2.24, 2.45) is 0 Å². The molecule has 0 saturated heterocycles. The van der Waals surface area contributed by atoms with Gasteiger partial charge in [0.2, 0.25) is 0 Å².